The summed E-state index contributed by atoms with van der Waals surface area (Å²) in [4.78, 5) is 0. The van der Waals surface area contributed by atoms with Gasteiger partial charge in [0.1, 0.15) is 5.82 Å². The molecule has 1 unspecified atom stereocenters. The van der Waals surface area contributed by atoms with Crippen LogP contribution in [-0.2, 0) is 6.18 Å². The smallest absolute Gasteiger partial charge is 0.387 e. The number of rotatable bonds is 2. The number of aliphatic hydroxyl groups is 1. The molecule has 0 saturated heterocycles. The molecule has 0 bridgehead atoms. The van der Waals surface area contributed by atoms with E-state index in [9.17, 15) is 22.7 Å². The van der Waals surface area contributed by atoms with Crippen LogP contribution in [0.25, 0.3) is 0 Å². The van der Waals surface area contributed by atoms with Crippen LogP contribution in [0.2, 0.25) is 0 Å². The first-order valence-electron chi connectivity index (χ1n) is 4.11. The van der Waals surface area contributed by atoms with Crippen LogP contribution in [0.3, 0.4) is 0 Å². The summed E-state index contributed by atoms with van der Waals surface area (Å²) in [6.07, 6.45) is -5.99. The largest absolute Gasteiger partial charge is 0.419 e. The molecule has 0 fully saturated rings. The predicted octanol–water partition coefficient (Wildman–Crippen LogP) is 1.84. The molecule has 6 heteroatoms. The second-order valence-corrected chi connectivity index (χ2v) is 2.99. The molecule has 1 rings (SSSR count). The molecule has 84 valence electrons. The first-order valence-corrected chi connectivity index (χ1v) is 4.11. The third kappa shape index (κ3) is 2.66. The van der Waals surface area contributed by atoms with Crippen molar-refractivity contribution in [3.8, 4) is 0 Å². The summed E-state index contributed by atoms with van der Waals surface area (Å²) in [5.41, 5.74) is 3.63. The molecule has 0 amide bonds. The van der Waals surface area contributed by atoms with Crippen molar-refractivity contribution in [2.75, 3.05) is 6.54 Å². The SMILES string of the molecule is NCC(O)c1ccc(F)c(C(F)(F)F)c1. The summed E-state index contributed by atoms with van der Waals surface area (Å²) in [6, 6.07) is 2.30. The molecule has 3 N–H and O–H groups in total. The average Bonchev–Trinajstić information content (AvgIpc) is 2.15. The van der Waals surface area contributed by atoms with Crippen molar-refractivity contribution in [3.63, 3.8) is 0 Å². The van der Waals surface area contributed by atoms with Gasteiger partial charge in [-0.15, -0.1) is 0 Å². The van der Waals surface area contributed by atoms with Crippen LogP contribution in [-0.4, -0.2) is 11.7 Å². The van der Waals surface area contributed by atoms with E-state index in [1.54, 1.807) is 0 Å². The average molecular weight is 223 g/mol. The number of alkyl halides is 3. The van der Waals surface area contributed by atoms with Gasteiger partial charge in [0.15, 0.2) is 0 Å². The molecule has 1 aromatic carbocycles. The van der Waals surface area contributed by atoms with Crippen LogP contribution < -0.4 is 5.73 Å². The third-order valence-corrected chi connectivity index (χ3v) is 1.90. The van der Waals surface area contributed by atoms with Gasteiger partial charge in [0.05, 0.1) is 11.7 Å². The Hall–Kier alpha value is -1.14. The Labute approximate surface area is 83.3 Å². The topological polar surface area (TPSA) is 46.2 Å². The van der Waals surface area contributed by atoms with Crippen LogP contribution in [0.4, 0.5) is 17.6 Å². The van der Waals surface area contributed by atoms with Crippen LogP contribution in [0.15, 0.2) is 18.2 Å². The highest BCUT2D eigenvalue weighted by molar-refractivity contribution is 5.28. The lowest BCUT2D eigenvalue weighted by Gasteiger charge is -2.12. The van der Waals surface area contributed by atoms with E-state index in [4.69, 9.17) is 5.73 Å². The van der Waals surface area contributed by atoms with Crippen LogP contribution in [0.1, 0.15) is 17.2 Å². The van der Waals surface area contributed by atoms with Crippen molar-refractivity contribution in [1.29, 1.82) is 0 Å². The summed E-state index contributed by atoms with van der Waals surface area (Å²) in [7, 11) is 0. The Kier molecular flexibility index (Phi) is 3.31. The summed E-state index contributed by atoms with van der Waals surface area (Å²) in [5.74, 6) is -1.37. The molecule has 0 heterocycles. The van der Waals surface area contributed by atoms with E-state index in [1.165, 1.54) is 0 Å². The minimum atomic E-state index is -4.77. The third-order valence-electron chi connectivity index (χ3n) is 1.90. The van der Waals surface area contributed by atoms with E-state index in [0.717, 1.165) is 6.07 Å². The predicted molar refractivity (Wildman–Crippen MR) is 45.4 cm³/mol. The van der Waals surface area contributed by atoms with E-state index in [1.807, 2.05) is 0 Å². The normalized spacial score (nSPS) is 14.0. The summed E-state index contributed by atoms with van der Waals surface area (Å²) < 4.78 is 49.5. The van der Waals surface area contributed by atoms with Crippen LogP contribution in [0, 0.1) is 5.82 Å². The van der Waals surface area contributed by atoms with E-state index < -0.39 is 23.7 Å². The first kappa shape index (κ1) is 11.9. The quantitative estimate of drug-likeness (QED) is 0.751. The molecule has 15 heavy (non-hydrogen) atoms. The number of aliphatic hydroxyl groups excluding tert-OH is 1. The van der Waals surface area contributed by atoms with Gasteiger partial charge in [-0.25, -0.2) is 4.39 Å². The monoisotopic (exact) mass is 223 g/mol. The van der Waals surface area contributed by atoms with Crippen molar-refractivity contribution in [2.24, 2.45) is 5.73 Å². The summed E-state index contributed by atoms with van der Waals surface area (Å²) in [6.45, 7) is -0.219. The van der Waals surface area contributed by atoms with Crippen molar-refractivity contribution >= 4 is 0 Å². The Morgan fingerprint density at radius 3 is 2.40 bits per heavy atom. The van der Waals surface area contributed by atoms with E-state index >= 15 is 0 Å². The maximum atomic E-state index is 12.8. The fraction of sp³-hybridized carbons (Fsp3) is 0.333. The molecule has 1 aromatic rings. The van der Waals surface area contributed by atoms with Gasteiger partial charge in [-0.2, -0.15) is 13.2 Å². The van der Waals surface area contributed by atoms with Gasteiger partial charge in [0.25, 0.3) is 0 Å². The first-order chi connectivity index (χ1) is 6.86. The minimum absolute atomic E-state index is 0.0498. The molecular formula is C9H9F4NO. The zero-order valence-electron chi connectivity index (χ0n) is 7.55. The molecule has 2 nitrogen and oxygen atoms in total. The molecule has 0 radical (unpaired) electrons. The standard InChI is InChI=1S/C9H9F4NO/c10-7-2-1-5(8(15)4-14)3-6(7)9(11,12)13/h1-3,8,15H,4,14H2. The Morgan fingerprint density at radius 2 is 1.93 bits per heavy atom. The van der Waals surface area contributed by atoms with Gasteiger partial charge < -0.3 is 10.8 Å². The number of halogens is 4. The maximum absolute atomic E-state index is 12.8. The highest BCUT2D eigenvalue weighted by atomic mass is 19.4. The Bertz CT molecular complexity index is 350. The van der Waals surface area contributed by atoms with Crippen molar-refractivity contribution < 1.29 is 22.7 Å². The van der Waals surface area contributed by atoms with Gasteiger partial charge in [0.2, 0.25) is 0 Å². The van der Waals surface area contributed by atoms with Crippen LogP contribution in [0.5, 0.6) is 0 Å². The van der Waals surface area contributed by atoms with Crippen LogP contribution >= 0.6 is 0 Å². The van der Waals surface area contributed by atoms with Gasteiger partial charge in [0, 0.05) is 6.54 Å². The molecule has 0 spiro atoms. The number of nitrogens with two attached hydrogens (primary N) is 1. The fourth-order valence-electron chi connectivity index (χ4n) is 1.10. The summed E-state index contributed by atoms with van der Waals surface area (Å²) in [5, 5.41) is 9.20. The molecule has 1 atom stereocenters. The second kappa shape index (κ2) is 4.16. The molecule has 0 aliphatic rings. The summed E-state index contributed by atoms with van der Waals surface area (Å²) >= 11 is 0. The lowest BCUT2D eigenvalue weighted by Crippen LogP contribution is -2.14. The zero-order chi connectivity index (χ0) is 11.6. The van der Waals surface area contributed by atoms with Gasteiger partial charge >= 0.3 is 6.18 Å². The minimum Gasteiger partial charge on any atom is -0.387 e. The molecule has 0 saturated carbocycles. The maximum Gasteiger partial charge on any atom is 0.419 e. The number of hydrogen-bond acceptors (Lipinski definition) is 2. The van der Waals surface area contributed by atoms with E-state index in [0.29, 0.717) is 12.1 Å². The Balaban J connectivity index is 3.17. The molecule has 0 aliphatic carbocycles. The zero-order valence-corrected chi connectivity index (χ0v) is 7.55. The second-order valence-electron chi connectivity index (χ2n) is 2.99. The van der Waals surface area contributed by atoms with Crippen molar-refractivity contribution in [1.82, 2.24) is 0 Å². The highest BCUT2D eigenvalue weighted by Gasteiger charge is 2.34. The number of benzene rings is 1. The molecular weight excluding hydrogens is 214 g/mol. The van der Waals surface area contributed by atoms with Crippen molar-refractivity contribution in [3.05, 3.63) is 35.1 Å². The van der Waals surface area contributed by atoms with Gasteiger partial charge in [-0.05, 0) is 17.7 Å². The highest BCUT2D eigenvalue weighted by Crippen LogP contribution is 2.32. The van der Waals surface area contributed by atoms with Gasteiger partial charge in [-0.3, -0.25) is 0 Å². The van der Waals surface area contributed by atoms with Crippen molar-refractivity contribution in [2.45, 2.75) is 12.3 Å². The number of hydrogen-bond donors (Lipinski definition) is 2. The van der Waals surface area contributed by atoms with E-state index in [-0.39, 0.29) is 12.1 Å². The van der Waals surface area contributed by atoms with Gasteiger partial charge in [-0.1, -0.05) is 6.07 Å². The lowest BCUT2D eigenvalue weighted by atomic mass is 10.1. The molecule has 0 aromatic heterocycles. The van der Waals surface area contributed by atoms with E-state index in [2.05, 4.69) is 0 Å². The Morgan fingerprint density at radius 1 is 1.33 bits per heavy atom. The lowest BCUT2D eigenvalue weighted by molar-refractivity contribution is -0.140. The molecule has 0 aliphatic heterocycles. The fourth-order valence-corrected chi connectivity index (χ4v) is 1.10.